The zero-order chi connectivity index (χ0) is 9.86. The van der Waals surface area contributed by atoms with Crippen molar-refractivity contribution >= 4 is 0 Å². The average molecular weight is 198 g/mol. The lowest BCUT2D eigenvalue weighted by Crippen LogP contribution is -2.58. The lowest BCUT2D eigenvalue weighted by Gasteiger charge is -2.48. The first-order valence-electron chi connectivity index (χ1n) is 5.77. The number of ether oxygens (including phenoxy) is 1. The van der Waals surface area contributed by atoms with Gasteiger partial charge in [-0.05, 0) is 37.8 Å². The average Bonchev–Trinajstić information content (AvgIpc) is 2.17. The highest BCUT2D eigenvalue weighted by molar-refractivity contribution is 4.95. The van der Waals surface area contributed by atoms with Gasteiger partial charge in [0.15, 0.2) is 0 Å². The summed E-state index contributed by atoms with van der Waals surface area (Å²) in [4.78, 5) is 2.59. The van der Waals surface area contributed by atoms with E-state index in [1.165, 1.54) is 52.0 Å². The molecule has 0 unspecified atom stereocenters. The van der Waals surface area contributed by atoms with Crippen molar-refractivity contribution in [2.45, 2.75) is 19.3 Å². The fourth-order valence-electron chi connectivity index (χ4n) is 2.52. The summed E-state index contributed by atoms with van der Waals surface area (Å²) in [5.41, 5.74) is 0.692. The van der Waals surface area contributed by atoms with E-state index < -0.39 is 0 Å². The molecule has 0 aromatic heterocycles. The number of methoxy groups -OCH3 is 1. The Morgan fingerprint density at radius 2 is 2.00 bits per heavy atom. The molecule has 3 heteroatoms. The van der Waals surface area contributed by atoms with Crippen LogP contribution in [0.25, 0.3) is 0 Å². The van der Waals surface area contributed by atoms with Gasteiger partial charge in [-0.1, -0.05) is 0 Å². The maximum atomic E-state index is 5.07. The molecule has 2 fully saturated rings. The molecule has 0 saturated carbocycles. The van der Waals surface area contributed by atoms with Crippen molar-refractivity contribution in [3.63, 3.8) is 0 Å². The highest BCUT2D eigenvalue weighted by Crippen LogP contribution is 2.34. The zero-order valence-corrected chi connectivity index (χ0v) is 9.22. The van der Waals surface area contributed by atoms with E-state index in [9.17, 15) is 0 Å². The quantitative estimate of drug-likeness (QED) is 0.673. The van der Waals surface area contributed by atoms with Crippen LogP contribution in [0.5, 0.6) is 0 Å². The number of hydrogen-bond donors (Lipinski definition) is 1. The lowest BCUT2D eigenvalue weighted by molar-refractivity contribution is 0.0512. The largest absolute Gasteiger partial charge is 0.385 e. The molecule has 2 heterocycles. The Balaban J connectivity index is 1.63. The van der Waals surface area contributed by atoms with Gasteiger partial charge in [-0.2, -0.15) is 0 Å². The van der Waals surface area contributed by atoms with Crippen LogP contribution in [0.1, 0.15) is 19.3 Å². The molecule has 2 rings (SSSR count). The predicted octanol–water partition coefficient (Wildman–Crippen LogP) is 0.708. The van der Waals surface area contributed by atoms with Gasteiger partial charge in [-0.15, -0.1) is 0 Å². The summed E-state index contributed by atoms with van der Waals surface area (Å²) in [7, 11) is 1.78. The van der Waals surface area contributed by atoms with E-state index in [2.05, 4.69) is 10.2 Å². The summed E-state index contributed by atoms with van der Waals surface area (Å²) in [6, 6.07) is 0. The van der Waals surface area contributed by atoms with Crippen LogP contribution in [0.3, 0.4) is 0 Å². The van der Waals surface area contributed by atoms with Gasteiger partial charge in [0.2, 0.25) is 0 Å². The molecule has 0 radical (unpaired) electrons. The third kappa shape index (κ3) is 2.27. The molecule has 0 bridgehead atoms. The summed E-state index contributed by atoms with van der Waals surface area (Å²) in [6.45, 7) is 7.25. The van der Waals surface area contributed by atoms with Crippen molar-refractivity contribution in [2.75, 3.05) is 46.4 Å². The van der Waals surface area contributed by atoms with Crippen LogP contribution >= 0.6 is 0 Å². The first-order chi connectivity index (χ1) is 6.85. The first kappa shape index (κ1) is 10.4. The Kier molecular flexibility index (Phi) is 3.42. The summed E-state index contributed by atoms with van der Waals surface area (Å²) >= 11 is 0. The van der Waals surface area contributed by atoms with Gasteiger partial charge in [0.05, 0.1) is 0 Å². The fraction of sp³-hybridized carbons (Fsp3) is 1.00. The topological polar surface area (TPSA) is 24.5 Å². The Bertz CT molecular complexity index is 170. The molecule has 0 aliphatic carbocycles. The summed E-state index contributed by atoms with van der Waals surface area (Å²) in [5, 5.41) is 3.40. The molecule has 82 valence electrons. The maximum absolute atomic E-state index is 5.07. The van der Waals surface area contributed by atoms with Crippen molar-refractivity contribution in [2.24, 2.45) is 5.41 Å². The monoisotopic (exact) mass is 198 g/mol. The van der Waals surface area contributed by atoms with Gasteiger partial charge in [0.1, 0.15) is 0 Å². The minimum atomic E-state index is 0.692. The van der Waals surface area contributed by atoms with Crippen LogP contribution in [0.15, 0.2) is 0 Å². The summed E-state index contributed by atoms with van der Waals surface area (Å²) in [6.07, 6.45) is 3.97. The number of rotatable bonds is 4. The van der Waals surface area contributed by atoms with E-state index in [1.54, 1.807) is 7.11 Å². The molecule has 14 heavy (non-hydrogen) atoms. The highest BCUT2D eigenvalue weighted by atomic mass is 16.5. The standard InChI is InChI=1S/C11H22N2O/c1-14-8-2-5-13-6-3-11(4-7-13)9-12-10-11/h12H,2-10H2,1H3. The second kappa shape index (κ2) is 4.60. The van der Waals surface area contributed by atoms with Gasteiger partial charge in [0, 0.05) is 33.4 Å². The van der Waals surface area contributed by atoms with Gasteiger partial charge < -0.3 is 15.0 Å². The second-order valence-electron chi connectivity index (χ2n) is 4.79. The normalized spacial score (nSPS) is 26.4. The van der Waals surface area contributed by atoms with Crippen molar-refractivity contribution in [1.29, 1.82) is 0 Å². The number of nitrogens with one attached hydrogen (secondary N) is 1. The van der Waals surface area contributed by atoms with Crippen LogP contribution in [-0.4, -0.2) is 51.3 Å². The minimum Gasteiger partial charge on any atom is -0.385 e. The van der Waals surface area contributed by atoms with Crippen molar-refractivity contribution in [3.05, 3.63) is 0 Å². The molecule has 0 aromatic carbocycles. The second-order valence-corrected chi connectivity index (χ2v) is 4.79. The number of hydrogen-bond acceptors (Lipinski definition) is 3. The van der Waals surface area contributed by atoms with Crippen LogP contribution in [-0.2, 0) is 4.74 Å². The van der Waals surface area contributed by atoms with Gasteiger partial charge in [-0.25, -0.2) is 0 Å². The van der Waals surface area contributed by atoms with Crippen LogP contribution in [0.4, 0.5) is 0 Å². The van der Waals surface area contributed by atoms with E-state index >= 15 is 0 Å². The number of likely N-dealkylation sites (tertiary alicyclic amines) is 1. The van der Waals surface area contributed by atoms with E-state index in [0.717, 1.165) is 6.61 Å². The molecule has 1 N–H and O–H groups in total. The Morgan fingerprint density at radius 3 is 2.50 bits per heavy atom. The molecule has 0 atom stereocenters. The zero-order valence-electron chi connectivity index (χ0n) is 9.22. The van der Waals surface area contributed by atoms with E-state index in [-0.39, 0.29) is 0 Å². The molecular weight excluding hydrogens is 176 g/mol. The lowest BCUT2D eigenvalue weighted by atomic mass is 9.73. The van der Waals surface area contributed by atoms with E-state index in [4.69, 9.17) is 4.74 Å². The molecule has 3 nitrogen and oxygen atoms in total. The van der Waals surface area contributed by atoms with Crippen molar-refractivity contribution in [3.8, 4) is 0 Å². The third-order valence-corrected chi connectivity index (χ3v) is 3.74. The van der Waals surface area contributed by atoms with E-state index in [1.807, 2.05) is 0 Å². The third-order valence-electron chi connectivity index (χ3n) is 3.74. The van der Waals surface area contributed by atoms with E-state index in [0.29, 0.717) is 5.41 Å². The Morgan fingerprint density at radius 1 is 1.29 bits per heavy atom. The molecule has 2 aliphatic rings. The minimum absolute atomic E-state index is 0.692. The highest BCUT2D eigenvalue weighted by Gasteiger charge is 2.39. The summed E-state index contributed by atoms with van der Waals surface area (Å²) < 4.78 is 5.07. The molecule has 0 amide bonds. The summed E-state index contributed by atoms with van der Waals surface area (Å²) in [5.74, 6) is 0. The van der Waals surface area contributed by atoms with Gasteiger partial charge in [0.25, 0.3) is 0 Å². The SMILES string of the molecule is COCCCN1CCC2(CC1)CNC2. The predicted molar refractivity (Wildman–Crippen MR) is 57.5 cm³/mol. The van der Waals surface area contributed by atoms with Gasteiger partial charge in [-0.3, -0.25) is 0 Å². The molecule has 2 aliphatic heterocycles. The molecule has 0 aromatic rings. The van der Waals surface area contributed by atoms with Crippen LogP contribution in [0, 0.1) is 5.41 Å². The maximum Gasteiger partial charge on any atom is 0.0474 e. The Labute approximate surface area is 86.8 Å². The smallest absolute Gasteiger partial charge is 0.0474 e. The fourth-order valence-corrected chi connectivity index (χ4v) is 2.52. The van der Waals surface area contributed by atoms with Crippen LogP contribution in [0.2, 0.25) is 0 Å². The van der Waals surface area contributed by atoms with Crippen molar-refractivity contribution < 1.29 is 4.74 Å². The van der Waals surface area contributed by atoms with Crippen LogP contribution < -0.4 is 5.32 Å². The first-order valence-corrected chi connectivity index (χ1v) is 5.77. The molecule has 1 spiro atoms. The van der Waals surface area contributed by atoms with Crippen molar-refractivity contribution in [1.82, 2.24) is 10.2 Å². The molecular formula is C11H22N2O. The molecule has 2 saturated heterocycles. The number of nitrogens with zero attached hydrogens (tertiary/aromatic N) is 1. The van der Waals surface area contributed by atoms with Gasteiger partial charge >= 0.3 is 0 Å². The Hall–Kier alpha value is -0.120. The number of piperidine rings is 1.